The third-order valence-electron chi connectivity index (χ3n) is 6.54. The van der Waals surface area contributed by atoms with Crippen LogP contribution in [0.5, 0.6) is 0 Å². The topological polar surface area (TPSA) is 60.8 Å². The second-order valence-corrected chi connectivity index (χ2v) is 9.65. The van der Waals surface area contributed by atoms with Crippen LogP contribution >= 0.6 is 12.2 Å². The van der Waals surface area contributed by atoms with E-state index < -0.39 is 0 Å². The molecule has 5 rings (SSSR count). The summed E-state index contributed by atoms with van der Waals surface area (Å²) in [5.74, 6) is 0.811. The molecule has 1 aliphatic rings. The molecule has 8 heteroatoms. The zero-order valence-corrected chi connectivity index (χ0v) is 22.2. The highest BCUT2D eigenvalue weighted by atomic mass is 32.1. The molecule has 0 spiro atoms. The molecule has 0 bridgehead atoms. The average Bonchev–Trinajstić information content (AvgIpc) is 3.44. The number of amides is 1. The fourth-order valence-corrected chi connectivity index (χ4v) is 4.68. The van der Waals surface area contributed by atoms with E-state index in [0.717, 1.165) is 54.4 Å². The Labute approximate surface area is 232 Å². The Morgan fingerprint density at radius 2 is 1.62 bits per heavy atom. The zero-order valence-electron chi connectivity index (χ0n) is 21.3. The van der Waals surface area contributed by atoms with Crippen LogP contribution in [0.15, 0.2) is 101 Å². The van der Waals surface area contributed by atoms with Gasteiger partial charge in [0, 0.05) is 61.3 Å². The number of nitrogens with one attached hydrogen (secondary N) is 2. The number of hydrogen-bond donors (Lipinski definition) is 2. The van der Waals surface area contributed by atoms with Crippen LogP contribution in [0.1, 0.15) is 11.3 Å². The van der Waals surface area contributed by atoms with Crippen LogP contribution in [0.3, 0.4) is 0 Å². The number of halogens is 1. The Balaban J connectivity index is 1.07. The molecule has 198 valence electrons. The summed E-state index contributed by atoms with van der Waals surface area (Å²) in [5, 5.41) is 5.91. The van der Waals surface area contributed by atoms with Crippen molar-refractivity contribution in [3.8, 4) is 11.3 Å². The van der Waals surface area contributed by atoms with Crippen LogP contribution in [0.2, 0.25) is 0 Å². The zero-order chi connectivity index (χ0) is 27.0. The van der Waals surface area contributed by atoms with Crippen molar-refractivity contribution in [3.05, 3.63) is 114 Å². The van der Waals surface area contributed by atoms with Gasteiger partial charge in [0.05, 0.1) is 0 Å². The maximum absolute atomic E-state index is 14.0. The SMILES string of the molecule is O=C(/C=C/c1ccc(-c2ccccc2)o1)NC(=S)Nc1ccc(N2CCN(Cc3ccccc3F)CC2)cc1. The highest BCUT2D eigenvalue weighted by Gasteiger charge is 2.18. The minimum atomic E-state index is -0.352. The van der Waals surface area contributed by atoms with Crippen molar-refractivity contribution in [2.24, 2.45) is 0 Å². The molecule has 6 nitrogen and oxygen atoms in total. The Bertz CT molecular complexity index is 1440. The predicted octanol–water partition coefficient (Wildman–Crippen LogP) is 5.93. The first-order valence-electron chi connectivity index (χ1n) is 12.8. The van der Waals surface area contributed by atoms with Crippen LogP contribution in [-0.4, -0.2) is 42.1 Å². The molecule has 3 aromatic carbocycles. The molecule has 2 N–H and O–H groups in total. The van der Waals surface area contributed by atoms with Crippen molar-refractivity contribution in [2.45, 2.75) is 6.54 Å². The monoisotopic (exact) mass is 540 g/mol. The second kappa shape index (κ2) is 12.5. The van der Waals surface area contributed by atoms with Crippen molar-refractivity contribution in [1.82, 2.24) is 10.2 Å². The fourth-order valence-electron chi connectivity index (χ4n) is 4.46. The standard InChI is InChI=1S/C31H29FN4O2S/c32-28-9-5-4-8-24(28)22-35-18-20-36(21-19-35)26-12-10-25(11-13-26)33-31(39)34-30(37)17-15-27-14-16-29(38-27)23-6-2-1-3-7-23/h1-17H,18-22H2,(H2,33,34,37,39)/b17-15+. The molecule has 1 fully saturated rings. The molecule has 0 unspecified atom stereocenters. The molecular formula is C31H29FN4O2S. The number of rotatable bonds is 7. The summed E-state index contributed by atoms with van der Waals surface area (Å²) in [6.45, 7) is 4.08. The number of carbonyl (C=O) groups is 1. The summed E-state index contributed by atoms with van der Waals surface area (Å²) in [6.07, 6.45) is 2.99. The van der Waals surface area contributed by atoms with Crippen LogP contribution in [0, 0.1) is 5.82 Å². The van der Waals surface area contributed by atoms with Gasteiger partial charge in [-0.15, -0.1) is 0 Å². The Morgan fingerprint density at radius 3 is 2.36 bits per heavy atom. The lowest BCUT2D eigenvalue weighted by Crippen LogP contribution is -2.46. The van der Waals surface area contributed by atoms with Crippen LogP contribution in [-0.2, 0) is 11.3 Å². The van der Waals surface area contributed by atoms with E-state index in [1.54, 1.807) is 12.1 Å². The summed E-state index contributed by atoms with van der Waals surface area (Å²) < 4.78 is 19.7. The molecule has 1 saturated heterocycles. The maximum atomic E-state index is 14.0. The van der Waals surface area contributed by atoms with Crippen molar-refractivity contribution < 1.29 is 13.6 Å². The number of anilines is 2. The molecule has 39 heavy (non-hydrogen) atoms. The highest BCUT2D eigenvalue weighted by molar-refractivity contribution is 7.80. The number of hydrogen-bond acceptors (Lipinski definition) is 5. The summed E-state index contributed by atoms with van der Waals surface area (Å²) in [4.78, 5) is 16.9. The van der Waals surface area contributed by atoms with E-state index in [0.29, 0.717) is 12.3 Å². The number of benzene rings is 3. The normalized spacial score (nSPS) is 13.9. The molecule has 0 aliphatic carbocycles. The van der Waals surface area contributed by atoms with Gasteiger partial charge in [0.15, 0.2) is 5.11 Å². The van der Waals surface area contributed by atoms with Gasteiger partial charge in [0.25, 0.3) is 0 Å². The minimum Gasteiger partial charge on any atom is -0.457 e. The number of carbonyl (C=O) groups excluding carboxylic acids is 1. The van der Waals surface area contributed by atoms with Gasteiger partial charge in [0.1, 0.15) is 17.3 Å². The van der Waals surface area contributed by atoms with Gasteiger partial charge in [-0.05, 0) is 60.8 Å². The van der Waals surface area contributed by atoms with Crippen molar-refractivity contribution in [1.29, 1.82) is 0 Å². The summed E-state index contributed by atoms with van der Waals surface area (Å²) >= 11 is 5.30. The molecule has 1 aliphatic heterocycles. The lowest BCUT2D eigenvalue weighted by molar-refractivity contribution is -0.115. The minimum absolute atomic E-state index is 0.150. The van der Waals surface area contributed by atoms with Crippen molar-refractivity contribution in [3.63, 3.8) is 0 Å². The number of furan rings is 1. The molecule has 1 amide bonds. The Kier molecular flexibility index (Phi) is 8.45. The second-order valence-electron chi connectivity index (χ2n) is 9.25. The van der Waals surface area contributed by atoms with Gasteiger partial charge in [0.2, 0.25) is 5.91 Å². The van der Waals surface area contributed by atoms with Crippen LogP contribution in [0.25, 0.3) is 17.4 Å². The molecule has 0 atom stereocenters. The van der Waals surface area contributed by atoms with E-state index in [-0.39, 0.29) is 16.8 Å². The number of nitrogens with zero attached hydrogens (tertiary/aromatic N) is 2. The average molecular weight is 541 g/mol. The fraction of sp³-hybridized carbons (Fsp3) is 0.161. The molecule has 0 saturated carbocycles. The molecule has 2 heterocycles. The summed E-state index contributed by atoms with van der Waals surface area (Å²) in [7, 11) is 0. The third-order valence-corrected chi connectivity index (χ3v) is 6.74. The van der Waals surface area contributed by atoms with Crippen molar-refractivity contribution in [2.75, 3.05) is 36.4 Å². The quantitative estimate of drug-likeness (QED) is 0.224. The van der Waals surface area contributed by atoms with E-state index in [1.165, 1.54) is 12.1 Å². The van der Waals surface area contributed by atoms with E-state index in [9.17, 15) is 9.18 Å². The first-order valence-corrected chi connectivity index (χ1v) is 13.2. The first kappa shape index (κ1) is 26.3. The Morgan fingerprint density at radius 1 is 0.897 bits per heavy atom. The van der Waals surface area contributed by atoms with Crippen LogP contribution < -0.4 is 15.5 Å². The van der Waals surface area contributed by atoms with Gasteiger partial charge >= 0.3 is 0 Å². The molecule has 0 radical (unpaired) electrons. The van der Waals surface area contributed by atoms with E-state index in [1.807, 2.05) is 78.9 Å². The molecule has 1 aromatic heterocycles. The molecule has 4 aromatic rings. The Hall–Kier alpha value is -4.27. The highest BCUT2D eigenvalue weighted by Crippen LogP contribution is 2.23. The smallest absolute Gasteiger partial charge is 0.250 e. The van der Waals surface area contributed by atoms with Crippen LogP contribution in [0.4, 0.5) is 15.8 Å². The van der Waals surface area contributed by atoms with Crippen molar-refractivity contribution >= 4 is 40.7 Å². The summed E-state index contributed by atoms with van der Waals surface area (Å²) in [6, 6.07) is 28.3. The lowest BCUT2D eigenvalue weighted by Gasteiger charge is -2.36. The largest absolute Gasteiger partial charge is 0.457 e. The van der Waals surface area contributed by atoms with Gasteiger partial charge in [-0.2, -0.15) is 0 Å². The van der Waals surface area contributed by atoms with Gasteiger partial charge in [-0.25, -0.2) is 4.39 Å². The maximum Gasteiger partial charge on any atom is 0.250 e. The summed E-state index contributed by atoms with van der Waals surface area (Å²) in [5.41, 5.74) is 3.60. The van der Waals surface area contributed by atoms with E-state index >= 15 is 0 Å². The number of piperazine rings is 1. The van der Waals surface area contributed by atoms with E-state index in [4.69, 9.17) is 16.6 Å². The first-order chi connectivity index (χ1) is 19.0. The number of thiocarbonyl (C=S) groups is 1. The van der Waals surface area contributed by atoms with E-state index in [2.05, 4.69) is 20.4 Å². The van der Waals surface area contributed by atoms with Gasteiger partial charge < -0.3 is 14.6 Å². The molecular weight excluding hydrogens is 511 g/mol. The lowest BCUT2D eigenvalue weighted by atomic mass is 10.1. The third kappa shape index (κ3) is 7.19. The van der Waals surface area contributed by atoms with Gasteiger partial charge in [-0.1, -0.05) is 48.5 Å². The van der Waals surface area contributed by atoms with Gasteiger partial charge in [-0.3, -0.25) is 15.0 Å². The predicted molar refractivity (Wildman–Crippen MR) is 158 cm³/mol.